The van der Waals surface area contributed by atoms with E-state index in [4.69, 9.17) is 9.47 Å². The molecule has 140 valence electrons. The number of ether oxygens (including phenoxy) is 2. The van der Waals surface area contributed by atoms with Gasteiger partial charge in [-0.2, -0.15) is 0 Å². The Balaban J connectivity index is 2.77. The van der Waals surface area contributed by atoms with Gasteiger partial charge in [-0.15, -0.1) is 0 Å². The number of hydrogen-bond acceptors (Lipinski definition) is 4. The summed E-state index contributed by atoms with van der Waals surface area (Å²) in [6.07, 6.45) is 2.88. The van der Waals surface area contributed by atoms with Crippen molar-refractivity contribution in [3.05, 3.63) is 0 Å². The molecule has 7 heteroatoms. The van der Waals surface area contributed by atoms with E-state index in [0.717, 1.165) is 32.4 Å². The van der Waals surface area contributed by atoms with Crippen LogP contribution in [-0.4, -0.2) is 81.4 Å². The van der Waals surface area contributed by atoms with Gasteiger partial charge in [0.1, 0.15) is 6.04 Å². The standard InChI is InChI=1S/C17H33N3O4/c1-5-14(2)15(18-17(22)20-8-6-7-9-20)16(21)19(10-12-23-3)11-13-24-4/h14-15H,5-13H2,1-4H3,(H,18,22)/t14?,15-/m0/s1. The Labute approximate surface area is 145 Å². The van der Waals surface area contributed by atoms with Crippen molar-refractivity contribution in [3.8, 4) is 0 Å². The van der Waals surface area contributed by atoms with Crippen molar-refractivity contribution in [2.45, 2.75) is 39.2 Å². The van der Waals surface area contributed by atoms with Gasteiger partial charge in [-0.25, -0.2) is 4.79 Å². The van der Waals surface area contributed by atoms with E-state index in [1.54, 1.807) is 24.0 Å². The molecule has 0 aromatic carbocycles. The maximum Gasteiger partial charge on any atom is 0.318 e. The molecule has 0 bridgehead atoms. The van der Waals surface area contributed by atoms with Gasteiger partial charge in [0.25, 0.3) is 0 Å². The van der Waals surface area contributed by atoms with Gasteiger partial charge in [-0.3, -0.25) is 4.79 Å². The summed E-state index contributed by atoms with van der Waals surface area (Å²) in [5.41, 5.74) is 0. The van der Waals surface area contributed by atoms with Gasteiger partial charge in [-0.05, 0) is 18.8 Å². The molecule has 3 amide bonds. The van der Waals surface area contributed by atoms with Crippen molar-refractivity contribution >= 4 is 11.9 Å². The van der Waals surface area contributed by atoms with E-state index in [2.05, 4.69) is 5.32 Å². The maximum absolute atomic E-state index is 13.0. The third kappa shape index (κ3) is 6.28. The molecule has 0 aliphatic carbocycles. The first-order chi connectivity index (χ1) is 11.5. The summed E-state index contributed by atoms with van der Waals surface area (Å²) in [4.78, 5) is 28.9. The van der Waals surface area contributed by atoms with Gasteiger partial charge in [0.05, 0.1) is 13.2 Å². The number of hydrogen-bond donors (Lipinski definition) is 1. The van der Waals surface area contributed by atoms with Crippen LogP contribution in [0.5, 0.6) is 0 Å². The number of rotatable bonds is 10. The highest BCUT2D eigenvalue weighted by molar-refractivity contribution is 5.87. The molecule has 7 nitrogen and oxygen atoms in total. The molecule has 1 aliphatic heterocycles. The van der Waals surface area contributed by atoms with Crippen molar-refractivity contribution in [1.82, 2.24) is 15.1 Å². The van der Waals surface area contributed by atoms with E-state index in [1.807, 2.05) is 13.8 Å². The van der Waals surface area contributed by atoms with Gasteiger partial charge in [0.15, 0.2) is 0 Å². The van der Waals surface area contributed by atoms with Crippen LogP contribution in [0, 0.1) is 5.92 Å². The normalized spacial score (nSPS) is 16.8. The summed E-state index contributed by atoms with van der Waals surface area (Å²) in [7, 11) is 3.22. The molecule has 0 saturated carbocycles. The van der Waals surface area contributed by atoms with E-state index in [1.165, 1.54) is 0 Å². The summed E-state index contributed by atoms with van der Waals surface area (Å²) in [5.74, 6) is 0.00244. The molecular formula is C17H33N3O4. The molecule has 1 rings (SSSR count). The van der Waals surface area contributed by atoms with E-state index >= 15 is 0 Å². The first kappa shape index (κ1) is 20.7. The van der Waals surface area contributed by atoms with E-state index in [9.17, 15) is 9.59 Å². The fourth-order valence-corrected chi connectivity index (χ4v) is 2.76. The van der Waals surface area contributed by atoms with Crippen LogP contribution in [0.25, 0.3) is 0 Å². The molecule has 1 unspecified atom stereocenters. The van der Waals surface area contributed by atoms with E-state index in [-0.39, 0.29) is 17.9 Å². The van der Waals surface area contributed by atoms with Crippen molar-refractivity contribution in [1.29, 1.82) is 0 Å². The Morgan fingerprint density at radius 3 is 2.12 bits per heavy atom. The number of nitrogens with one attached hydrogen (secondary N) is 1. The van der Waals surface area contributed by atoms with Crippen LogP contribution >= 0.6 is 0 Å². The number of nitrogens with zero attached hydrogens (tertiary/aromatic N) is 2. The number of methoxy groups -OCH3 is 2. The monoisotopic (exact) mass is 343 g/mol. The molecule has 0 aromatic rings. The second-order valence-corrected chi connectivity index (χ2v) is 6.32. The predicted molar refractivity (Wildman–Crippen MR) is 92.9 cm³/mol. The van der Waals surface area contributed by atoms with Gasteiger partial charge in [0, 0.05) is 40.4 Å². The first-order valence-electron chi connectivity index (χ1n) is 8.87. The van der Waals surface area contributed by atoms with Crippen LogP contribution in [0.2, 0.25) is 0 Å². The Morgan fingerprint density at radius 1 is 1.12 bits per heavy atom. The lowest BCUT2D eigenvalue weighted by Gasteiger charge is -2.31. The Bertz CT molecular complexity index is 378. The summed E-state index contributed by atoms with van der Waals surface area (Å²) in [5, 5.41) is 2.96. The van der Waals surface area contributed by atoms with Crippen molar-refractivity contribution in [3.63, 3.8) is 0 Å². The van der Waals surface area contributed by atoms with Gasteiger partial charge >= 0.3 is 6.03 Å². The number of carbonyl (C=O) groups is 2. The SMILES string of the molecule is CCC(C)[C@H](NC(=O)N1CCCC1)C(=O)N(CCOC)CCOC. The Hall–Kier alpha value is -1.34. The second-order valence-electron chi connectivity index (χ2n) is 6.32. The van der Waals surface area contributed by atoms with Crippen LogP contribution in [0.3, 0.4) is 0 Å². The lowest BCUT2D eigenvalue weighted by Crippen LogP contribution is -2.55. The number of carbonyl (C=O) groups excluding carboxylic acids is 2. The average molecular weight is 343 g/mol. The van der Waals surface area contributed by atoms with Crippen molar-refractivity contribution in [2.24, 2.45) is 5.92 Å². The lowest BCUT2D eigenvalue weighted by molar-refractivity contribution is -0.135. The lowest BCUT2D eigenvalue weighted by atomic mass is 9.98. The molecule has 0 spiro atoms. The zero-order valence-corrected chi connectivity index (χ0v) is 15.5. The van der Waals surface area contributed by atoms with Crippen molar-refractivity contribution in [2.75, 3.05) is 53.6 Å². The molecule has 0 aromatic heterocycles. The molecular weight excluding hydrogens is 310 g/mol. The number of amides is 3. The molecule has 2 atom stereocenters. The molecule has 1 saturated heterocycles. The minimum atomic E-state index is -0.517. The van der Waals surface area contributed by atoms with Crippen LogP contribution in [-0.2, 0) is 14.3 Å². The third-order valence-corrected chi connectivity index (χ3v) is 4.59. The molecule has 1 N–H and O–H groups in total. The summed E-state index contributed by atoms with van der Waals surface area (Å²) in [6.45, 7) is 7.47. The molecule has 24 heavy (non-hydrogen) atoms. The summed E-state index contributed by atoms with van der Waals surface area (Å²) < 4.78 is 10.2. The minimum Gasteiger partial charge on any atom is -0.383 e. The number of urea groups is 1. The Kier molecular flexibility index (Phi) is 9.71. The van der Waals surface area contributed by atoms with Crippen LogP contribution in [0.15, 0.2) is 0 Å². The van der Waals surface area contributed by atoms with Gasteiger partial charge < -0.3 is 24.6 Å². The van der Waals surface area contributed by atoms with Gasteiger partial charge in [-0.1, -0.05) is 20.3 Å². The van der Waals surface area contributed by atoms with Crippen LogP contribution < -0.4 is 5.32 Å². The topological polar surface area (TPSA) is 71.1 Å². The average Bonchev–Trinajstić information content (AvgIpc) is 3.13. The molecule has 1 heterocycles. The highest BCUT2D eigenvalue weighted by Crippen LogP contribution is 2.14. The first-order valence-corrected chi connectivity index (χ1v) is 8.87. The third-order valence-electron chi connectivity index (χ3n) is 4.59. The fraction of sp³-hybridized carbons (Fsp3) is 0.882. The van der Waals surface area contributed by atoms with E-state index < -0.39 is 6.04 Å². The predicted octanol–water partition coefficient (Wildman–Crippen LogP) is 1.33. The highest BCUT2D eigenvalue weighted by atomic mass is 16.5. The fourth-order valence-electron chi connectivity index (χ4n) is 2.76. The summed E-state index contributed by atoms with van der Waals surface area (Å²) >= 11 is 0. The largest absolute Gasteiger partial charge is 0.383 e. The minimum absolute atomic E-state index is 0.0639. The molecule has 1 aliphatic rings. The van der Waals surface area contributed by atoms with Crippen LogP contribution in [0.4, 0.5) is 4.79 Å². The zero-order valence-electron chi connectivity index (χ0n) is 15.5. The summed E-state index contributed by atoms with van der Waals surface area (Å²) in [6, 6.07) is -0.651. The molecule has 1 fully saturated rings. The van der Waals surface area contributed by atoms with E-state index in [0.29, 0.717) is 26.3 Å². The van der Waals surface area contributed by atoms with Crippen LogP contribution in [0.1, 0.15) is 33.1 Å². The second kappa shape index (κ2) is 11.3. The molecule has 0 radical (unpaired) electrons. The Morgan fingerprint density at radius 2 is 1.67 bits per heavy atom. The number of likely N-dealkylation sites (tertiary alicyclic amines) is 1. The quantitative estimate of drug-likeness (QED) is 0.650. The highest BCUT2D eigenvalue weighted by Gasteiger charge is 2.31. The smallest absolute Gasteiger partial charge is 0.318 e. The maximum atomic E-state index is 13.0. The van der Waals surface area contributed by atoms with Crippen molar-refractivity contribution < 1.29 is 19.1 Å². The zero-order chi connectivity index (χ0) is 17.9. The van der Waals surface area contributed by atoms with Gasteiger partial charge in [0.2, 0.25) is 5.91 Å².